The number of hydrogen-bond donors (Lipinski definition) is 0. The van der Waals surface area contributed by atoms with Gasteiger partial charge < -0.3 is 4.74 Å². The SMILES string of the molecule is COc1cccc(Sc2ccc(F)cc2)c1C(C)=O. The van der Waals surface area contributed by atoms with Crippen LogP contribution in [0, 0.1) is 5.82 Å². The van der Waals surface area contributed by atoms with Crippen LogP contribution < -0.4 is 4.74 Å². The highest BCUT2D eigenvalue weighted by molar-refractivity contribution is 7.99. The Morgan fingerprint density at radius 2 is 1.84 bits per heavy atom. The lowest BCUT2D eigenvalue weighted by atomic mass is 10.1. The largest absolute Gasteiger partial charge is 0.496 e. The third-order valence-electron chi connectivity index (χ3n) is 2.60. The fourth-order valence-electron chi connectivity index (χ4n) is 1.74. The Hall–Kier alpha value is -1.81. The molecule has 2 aromatic carbocycles. The van der Waals surface area contributed by atoms with E-state index in [9.17, 15) is 9.18 Å². The summed E-state index contributed by atoms with van der Waals surface area (Å²) in [5, 5.41) is 0. The Morgan fingerprint density at radius 3 is 2.42 bits per heavy atom. The van der Waals surface area contributed by atoms with E-state index < -0.39 is 0 Å². The standard InChI is InChI=1S/C15H13FO2S/c1-10(17)15-13(18-2)4-3-5-14(15)19-12-8-6-11(16)7-9-12/h3-9H,1-2H3. The molecule has 0 aliphatic heterocycles. The van der Waals surface area contributed by atoms with Crippen molar-refractivity contribution in [2.24, 2.45) is 0 Å². The fraction of sp³-hybridized carbons (Fsp3) is 0.133. The molecule has 0 spiro atoms. The highest BCUT2D eigenvalue weighted by atomic mass is 32.2. The molecule has 0 bridgehead atoms. The summed E-state index contributed by atoms with van der Waals surface area (Å²) in [7, 11) is 1.54. The summed E-state index contributed by atoms with van der Waals surface area (Å²) in [5.74, 6) is 0.225. The van der Waals surface area contributed by atoms with Crippen molar-refractivity contribution in [1.82, 2.24) is 0 Å². The molecule has 4 heteroatoms. The van der Waals surface area contributed by atoms with Crippen LogP contribution in [0.4, 0.5) is 4.39 Å². The summed E-state index contributed by atoms with van der Waals surface area (Å²) < 4.78 is 18.1. The molecule has 0 saturated carbocycles. The number of rotatable bonds is 4. The normalized spacial score (nSPS) is 10.3. The van der Waals surface area contributed by atoms with Crippen LogP contribution in [0.3, 0.4) is 0 Å². The minimum atomic E-state index is -0.276. The van der Waals surface area contributed by atoms with Crippen molar-refractivity contribution >= 4 is 17.5 Å². The molecule has 98 valence electrons. The molecule has 2 rings (SSSR count). The molecule has 0 heterocycles. The van der Waals surface area contributed by atoms with E-state index in [1.807, 2.05) is 12.1 Å². The van der Waals surface area contributed by atoms with E-state index in [0.29, 0.717) is 11.3 Å². The van der Waals surface area contributed by atoms with E-state index in [0.717, 1.165) is 9.79 Å². The van der Waals surface area contributed by atoms with Gasteiger partial charge in [0.2, 0.25) is 0 Å². The van der Waals surface area contributed by atoms with Gasteiger partial charge in [0.15, 0.2) is 5.78 Å². The number of hydrogen-bond acceptors (Lipinski definition) is 3. The van der Waals surface area contributed by atoms with Crippen LogP contribution in [-0.2, 0) is 0 Å². The predicted molar refractivity (Wildman–Crippen MR) is 73.5 cm³/mol. The fourth-order valence-corrected chi connectivity index (χ4v) is 2.76. The lowest BCUT2D eigenvalue weighted by Crippen LogP contribution is -1.99. The highest BCUT2D eigenvalue weighted by Gasteiger charge is 2.14. The Bertz CT molecular complexity index is 594. The first kappa shape index (κ1) is 13.6. The van der Waals surface area contributed by atoms with Crippen LogP contribution >= 0.6 is 11.8 Å². The molecule has 0 fully saturated rings. The van der Waals surface area contributed by atoms with Crippen molar-refractivity contribution in [1.29, 1.82) is 0 Å². The second-order valence-corrected chi connectivity index (χ2v) is 5.06. The van der Waals surface area contributed by atoms with Gasteiger partial charge in [-0.25, -0.2) is 4.39 Å². The van der Waals surface area contributed by atoms with Crippen molar-refractivity contribution in [3.05, 3.63) is 53.8 Å². The van der Waals surface area contributed by atoms with Crippen molar-refractivity contribution in [2.75, 3.05) is 7.11 Å². The summed E-state index contributed by atoms with van der Waals surface area (Å²) in [6.45, 7) is 1.51. The summed E-state index contributed by atoms with van der Waals surface area (Å²) in [5.41, 5.74) is 0.555. The first-order valence-electron chi connectivity index (χ1n) is 5.73. The first-order valence-corrected chi connectivity index (χ1v) is 6.55. The summed E-state index contributed by atoms with van der Waals surface area (Å²) in [6, 6.07) is 11.6. The zero-order valence-electron chi connectivity index (χ0n) is 10.6. The summed E-state index contributed by atoms with van der Waals surface area (Å²) in [6.07, 6.45) is 0. The Labute approximate surface area is 115 Å². The van der Waals surface area contributed by atoms with Crippen LogP contribution in [0.2, 0.25) is 0 Å². The number of ketones is 1. The average Bonchev–Trinajstić information content (AvgIpc) is 2.40. The number of halogens is 1. The number of methoxy groups -OCH3 is 1. The minimum absolute atomic E-state index is 0.0536. The van der Waals surface area contributed by atoms with E-state index in [-0.39, 0.29) is 11.6 Å². The number of Topliss-reactive ketones (excluding diaryl/α,β-unsaturated/α-hetero) is 1. The Kier molecular flexibility index (Phi) is 4.22. The predicted octanol–water partition coefficient (Wildman–Crippen LogP) is 4.19. The van der Waals surface area contributed by atoms with Gasteiger partial charge in [-0.3, -0.25) is 4.79 Å². The molecule has 0 aliphatic rings. The van der Waals surface area contributed by atoms with Crippen LogP contribution in [-0.4, -0.2) is 12.9 Å². The molecule has 0 N–H and O–H groups in total. The van der Waals surface area contributed by atoms with Gasteiger partial charge in [0.1, 0.15) is 11.6 Å². The smallest absolute Gasteiger partial charge is 0.164 e. The Morgan fingerprint density at radius 1 is 1.16 bits per heavy atom. The topological polar surface area (TPSA) is 26.3 Å². The quantitative estimate of drug-likeness (QED) is 0.783. The van der Waals surface area contributed by atoms with Gasteiger partial charge in [-0.1, -0.05) is 17.8 Å². The maximum Gasteiger partial charge on any atom is 0.164 e. The van der Waals surface area contributed by atoms with E-state index in [4.69, 9.17) is 4.74 Å². The molecule has 0 radical (unpaired) electrons. The van der Waals surface area contributed by atoms with Gasteiger partial charge in [0, 0.05) is 9.79 Å². The lowest BCUT2D eigenvalue weighted by molar-refractivity contribution is 0.101. The third-order valence-corrected chi connectivity index (χ3v) is 3.67. The minimum Gasteiger partial charge on any atom is -0.496 e. The second kappa shape index (κ2) is 5.89. The maximum absolute atomic E-state index is 12.9. The van der Waals surface area contributed by atoms with E-state index in [1.54, 1.807) is 18.2 Å². The van der Waals surface area contributed by atoms with Crippen molar-refractivity contribution in [2.45, 2.75) is 16.7 Å². The maximum atomic E-state index is 12.9. The van der Waals surface area contributed by atoms with Crippen LogP contribution in [0.1, 0.15) is 17.3 Å². The molecule has 0 atom stereocenters. The van der Waals surface area contributed by atoms with Crippen LogP contribution in [0.15, 0.2) is 52.3 Å². The zero-order chi connectivity index (χ0) is 13.8. The van der Waals surface area contributed by atoms with E-state index in [1.165, 1.54) is 37.9 Å². The number of carbonyl (C=O) groups excluding carboxylic acids is 1. The monoisotopic (exact) mass is 276 g/mol. The molecule has 2 aromatic rings. The van der Waals surface area contributed by atoms with Gasteiger partial charge in [-0.05, 0) is 43.3 Å². The third kappa shape index (κ3) is 3.15. The zero-order valence-corrected chi connectivity index (χ0v) is 11.5. The van der Waals surface area contributed by atoms with Crippen molar-refractivity contribution in [3.63, 3.8) is 0 Å². The van der Waals surface area contributed by atoms with Crippen LogP contribution in [0.5, 0.6) is 5.75 Å². The number of ether oxygens (including phenoxy) is 1. The molecule has 0 amide bonds. The summed E-state index contributed by atoms with van der Waals surface area (Å²) >= 11 is 1.41. The van der Waals surface area contributed by atoms with E-state index >= 15 is 0 Å². The average molecular weight is 276 g/mol. The molecule has 19 heavy (non-hydrogen) atoms. The second-order valence-electron chi connectivity index (χ2n) is 3.95. The van der Waals surface area contributed by atoms with Gasteiger partial charge in [-0.2, -0.15) is 0 Å². The molecule has 0 unspecified atom stereocenters. The molecule has 0 saturated heterocycles. The Balaban J connectivity index is 2.39. The van der Waals surface area contributed by atoms with Crippen LogP contribution in [0.25, 0.3) is 0 Å². The van der Waals surface area contributed by atoms with Crippen molar-refractivity contribution in [3.8, 4) is 5.75 Å². The highest BCUT2D eigenvalue weighted by Crippen LogP contribution is 2.35. The molecular formula is C15H13FO2S. The lowest BCUT2D eigenvalue weighted by Gasteiger charge is -2.11. The molecular weight excluding hydrogens is 263 g/mol. The molecule has 0 aliphatic carbocycles. The summed E-state index contributed by atoms with van der Waals surface area (Å²) in [4.78, 5) is 13.4. The van der Waals surface area contributed by atoms with Gasteiger partial charge in [0.05, 0.1) is 12.7 Å². The first-order chi connectivity index (χ1) is 9.11. The van der Waals surface area contributed by atoms with Gasteiger partial charge >= 0.3 is 0 Å². The molecule has 2 nitrogen and oxygen atoms in total. The van der Waals surface area contributed by atoms with Crippen molar-refractivity contribution < 1.29 is 13.9 Å². The van der Waals surface area contributed by atoms with Gasteiger partial charge in [0.25, 0.3) is 0 Å². The number of carbonyl (C=O) groups is 1. The molecule has 0 aromatic heterocycles. The van der Waals surface area contributed by atoms with Gasteiger partial charge in [-0.15, -0.1) is 0 Å². The number of benzene rings is 2. The van der Waals surface area contributed by atoms with E-state index in [2.05, 4.69) is 0 Å².